The summed E-state index contributed by atoms with van der Waals surface area (Å²) in [5, 5.41) is 0.819. The lowest BCUT2D eigenvalue weighted by atomic mass is 10.2. The van der Waals surface area contributed by atoms with Gasteiger partial charge in [0.1, 0.15) is 5.65 Å². The average molecular weight is 205 g/mol. The van der Waals surface area contributed by atoms with E-state index in [1.165, 1.54) is 15.2 Å². The fraction of sp³-hybridized carbons (Fsp3) is 0.300. The molecule has 0 bridgehead atoms. The maximum atomic E-state index is 11.5. The zero-order chi connectivity index (χ0) is 11.2. The molecule has 0 aromatic carbocycles. The Balaban J connectivity index is 3.19. The van der Waals surface area contributed by atoms with Crippen LogP contribution in [0.4, 0.5) is 0 Å². The Morgan fingerprint density at radius 1 is 1.13 bits per heavy atom. The maximum absolute atomic E-state index is 11.5. The lowest BCUT2D eigenvalue weighted by Gasteiger charge is -2.09. The van der Waals surface area contributed by atoms with Crippen LogP contribution >= 0.6 is 0 Å². The predicted octanol–water partition coefficient (Wildman–Crippen LogP) is -0.0594. The Morgan fingerprint density at radius 3 is 2.47 bits per heavy atom. The van der Waals surface area contributed by atoms with E-state index >= 15 is 0 Å². The summed E-state index contributed by atoms with van der Waals surface area (Å²) in [7, 11) is 3.25. The van der Waals surface area contributed by atoms with Gasteiger partial charge in [-0.15, -0.1) is 0 Å². The van der Waals surface area contributed by atoms with Gasteiger partial charge < -0.3 is 0 Å². The minimum absolute atomic E-state index is 0.136. The van der Waals surface area contributed by atoms with Crippen LogP contribution in [0.3, 0.4) is 0 Å². The fourth-order valence-electron chi connectivity index (χ4n) is 1.68. The average Bonchev–Trinajstić information content (AvgIpc) is 2.19. The highest BCUT2D eigenvalue weighted by molar-refractivity contribution is 5.77. The Kier molecular flexibility index (Phi) is 1.96. The third kappa shape index (κ3) is 1.27. The molecule has 0 unspecified atom stereocenters. The molecule has 2 aromatic heterocycles. The first-order chi connectivity index (χ1) is 7.02. The van der Waals surface area contributed by atoms with Gasteiger partial charge in [-0.2, -0.15) is 4.98 Å². The summed E-state index contributed by atoms with van der Waals surface area (Å²) in [6, 6.07) is 3.17. The highest BCUT2D eigenvalue weighted by Crippen LogP contribution is 2.10. The molecule has 0 aliphatic rings. The zero-order valence-corrected chi connectivity index (χ0v) is 8.81. The summed E-state index contributed by atoms with van der Waals surface area (Å²) >= 11 is 0. The van der Waals surface area contributed by atoms with E-state index in [2.05, 4.69) is 4.98 Å². The number of aromatic nitrogens is 3. The van der Waals surface area contributed by atoms with Gasteiger partial charge in [0.05, 0.1) is 5.69 Å². The molecular weight excluding hydrogens is 194 g/mol. The Morgan fingerprint density at radius 2 is 1.80 bits per heavy atom. The zero-order valence-electron chi connectivity index (χ0n) is 8.81. The predicted molar refractivity (Wildman–Crippen MR) is 57.0 cm³/mol. The SMILES string of the molecule is Cc1nc(=O)n(C)c2c1ccc(=O)n2C. The van der Waals surface area contributed by atoms with Gasteiger partial charge in [0.2, 0.25) is 0 Å². The highest BCUT2D eigenvalue weighted by atomic mass is 16.1. The summed E-state index contributed by atoms with van der Waals surface area (Å²) in [6.45, 7) is 1.76. The quantitative estimate of drug-likeness (QED) is 0.605. The maximum Gasteiger partial charge on any atom is 0.349 e. The van der Waals surface area contributed by atoms with Crippen LogP contribution in [-0.2, 0) is 14.1 Å². The summed E-state index contributed by atoms with van der Waals surface area (Å²) in [5.41, 5.74) is 0.757. The van der Waals surface area contributed by atoms with Gasteiger partial charge in [-0.05, 0) is 13.0 Å². The summed E-state index contributed by atoms with van der Waals surface area (Å²) in [5.74, 6) is 0. The molecule has 5 nitrogen and oxygen atoms in total. The Labute approximate surface area is 85.6 Å². The minimum Gasteiger partial charge on any atom is -0.297 e. The molecule has 78 valence electrons. The molecule has 0 radical (unpaired) electrons. The van der Waals surface area contributed by atoms with Crippen LogP contribution in [-0.4, -0.2) is 14.1 Å². The van der Waals surface area contributed by atoms with Gasteiger partial charge >= 0.3 is 5.69 Å². The van der Waals surface area contributed by atoms with E-state index in [4.69, 9.17) is 0 Å². The van der Waals surface area contributed by atoms with Crippen molar-refractivity contribution in [3.63, 3.8) is 0 Å². The number of nitrogens with zero attached hydrogens (tertiary/aromatic N) is 3. The number of rotatable bonds is 0. The molecule has 0 aliphatic carbocycles. The van der Waals surface area contributed by atoms with Crippen molar-refractivity contribution in [3.05, 3.63) is 38.7 Å². The van der Waals surface area contributed by atoms with Crippen LogP contribution in [0.5, 0.6) is 0 Å². The molecule has 0 aliphatic heterocycles. The second kappa shape index (κ2) is 3.05. The summed E-state index contributed by atoms with van der Waals surface area (Å²) in [4.78, 5) is 26.8. The van der Waals surface area contributed by atoms with Crippen LogP contribution in [0.25, 0.3) is 11.0 Å². The molecule has 15 heavy (non-hydrogen) atoms. The number of fused-ring (bicyclic) bond motifs is 1. The first-order valence-electron chi connectivity index (χ1n) is 4.55. The molecule has 5 heteroatoms. The van der Waals surface area contributed by atoms with Crippen LogP contribution in [0.1, 0.15) is 5.69 Å². The van der Waals surface area contributed by atoms with Crippen molar-refractivity contribution in [3.8, 4) is 0 Å². The number of pyridine rings is 1. The lowest BCUT2D eigenvalue weighted by Crippen LogP contribution is -2.27. The second-order valence-corrected chi connectivity index (χ2v) is 3.51. The number of hydrogen-bond acceptors (Lipinski definition) is 3. The van der Waals surface area contributed by atoms with E-state index < -0.39 is 0 Å². The molecular formula is C10H11N3O2. The van der Waals surface area contributed by atoms with Gasteiger partial charge in [-0.25, -0.2) is 4.79 Å². The van der Waals surface area contributed by atoms with Crippen molar-refractivity contribution < 1.29 is 0 Å². The van der Waals surface area contributed by atoms with Crippen LogP contribution < -0.4 is 11.2 Å². The Bertz CT molecular complexity index is 644. The second-order valence-electron chi connectivity index (χ2n) is 3.51. The number of aryl methyl sites for hydroxylation is 3. The topological polar surface area (TPSA) is 56.9 Å². The van der Waals surface area contributed by atoms with Crippen molar-refractivity contribution in [2.24, 2.45) is 14.1 Å². The molecule has 2 rings (SSSR count). The van der Waals surface area contributed by atoms with E-state index in [0.29, 0.717) is 11.3 Å². The van der Waals surface area contributed by atoms with Gasteiger partial charge in [0.25, 0.3) is 5.56 Å². The first-order valence-corrected chi connectivity index (χ1v) is 4.55. The van der Waals surface area contributed by atoms with Gasteiger partial charge in [0.15, 0.2) is 0 Å². The molecule has 0 N–H and O–H groups in total. The molecule has 0 amide bonds. The summed E-state index contributed by atoms with van der Waals surface area (Å²) < 4.78 is 2.83. The van der Waals surface area contributed by atoms with Crippen molar-refractivity contribution >= 4 is 11.0 Å². The molecule has 2 aromatic rings. The fourth-order valence-corrected chi connectivity index (χ4v) is 1.68. The third-order valence-corrected chi connectivity index (χ3v) is 2.54. The van der Waals surface area contributed by atoms with Crippen molar-refractivity contribution in [2.75, 3.05) is 0 Å². The van der Waals surface area contributed by atoms with E-state index in [0.717, 1.165) is 5.39 Å². The van der Waals surface area contributed by atoms with Crippen molar-refractivity contribution in [1.29, 1.82) is 0 Å². The molecule has 0 saturated heterocycles. The minimum atomic E-state index is -0.346. The van der Waals surface area contributed by atoms with Gasteiger partial charge in [-0.1, -0.05) is 0 Å². The third-order valence-electron chi connectivity index (χ3n) is 2.54. The van der Waals surface area contributed by atoms with Crippen molar-refractivity contribution in [2.45, 2.75) is 6.92 Å². The smallest absolute Gasteiger partial charge is 0.297 e. The monoisotopic (exact) mass is 205 g/mol. The lowest BCUT2D eigenvalue weighted by molar-refractivity contribution is 0.771. The molecule has 2 heterocycles. The summed E-state index contributed by atoms with van der Waals surface area (Å²) in [6.07, 6.45) is 0. The number of hydrogen-bond donors (Lipinski definition) is 0. The van der Waals surface area contributed by atoms with Crippen molar-refractivity contribution in [1.82, 2.24) is 14.1 Å². The molecule has 0 spiro atoms. The van der Waals surface area contributed by atoms with Gasteiger partial charge in [-0.3, -0.25) is 13.9 Å². The van der Waals surface area contributed by atoms with Crippen LogP contribution in [0.15, 0.2) is 21.7 Å². The molecule has 0 fully saturated rings. The van der Waals surface area contributed by atoms with E-state index in [-0.39, 0.29) is 11.2 Å². The normalized spacial score (nSPS) is 10.9. The largest absolute Gasteiger partial charge is 0.349 e. The molecule has 0 saturated carbocycles. The Hall–Kier alpha value is -1.91. The highest BCUT2D eigenvalue weighted by Gasteiger charge is 2.07. The standard InChI is InChI=1S/C10H11N3O2/c1-6-7-4-5-8(14)12(2)9(7)13(3)10(15)11-6/h4-5H,1-3H3. The van der Waals surface area contributed by atoms with E-state index in [9.17, 15) is 9.59 Å². The van der Waals surface area contributed by atoms with Crippen LogP contribution in [0, 0.1) is 6.92 Å². The molecule has 0 atom stereocenters. The van der Waals surface area contributed by atoms with E-state index in [1.807, 2.05) is 0 Å². The van der Waals surface area contributed by atoms with Gasteiger partial charge in [0, 0.05) is 25.5 Å². The van der Waals surface area contributed by atoms with E-state index in [1.54, 1.807) is 27.1 Å². The first kappa shape index (κ1) is 9.64. The van der Waals surface area contributed by atoms with Crippen LogP contribution in [0.2, 0.25) is 0 Å².